The summed E-state index contributed by atoms with van der Waals surface area (Å²) in [5, 5.41) is 2.26. The Bertz CT molecular complexity index is 1020. The summed E-state index contributed by atoms with van der Waals surface area (Å²) in [5.41, 5.74) is 5.97. The molecule has 0 amide bonds. The van der Waals surface area contributed by atoms with E-state index in [0.29, 0.717) is 0 Å². The molecule has 0 spiro atoms. The topological polar surface area (TPSA) is 24.7 Å². The zero-order chi connectivity index (χ0) is 17.7. The maximum absolute atomic E-state index is 4.42. The van der Waals surface area contributed by atoms with Gasteiger partial charge in [-0.1, -0.05) is 74.1 Å². The van der Waals surface area contributed by atoms with Gasteiger partial charge in [-0.05, 0) is 23.6 Å². The van der Waals surface area contributed by atoms with E-state index in [-0.39, 0.29) is 0 Å². The van der Waals surface area contributed by atoms with E-state index in [1.807, 2.05) is 48.5 Å². The molecule has 0 saturated carbocycles. The van der Waals surface area contributed by atoms with E-state index in [0.717, 1.165) is 27.7 Å². The van der Waals surface area contributed by atoms with Crippen molar-refractivity contribution in [2.24, 2.45) is 9.98 Å². The molecular weight excluding hydrogens is 320 g/mol. The fourth-order valence-corrected chi connectivity index (χ4v) is 2.88. The van der Waals surface area contributed by atoms with Crippen molar-refractivity contribution in [3.05, 3.63) is 72.3 Å². The van der Waals surface area contributed by atoms with Crippen molar-refractivity contribution in [2.45, 2.75) is 19.6 Å². The molecule has 0 N–H and O–H groups in total. The van der Waals surface area contributed by atoms with Gasteiger partial charge in [0.25, 0.3) is 0 Å². The molecule has 0 aromatic heterocycles. The van der Waals surface area contributed by atoms with Crippen molar-refractivity contribution in [1.82, 2.24) is 0 Å². The maximum Gasteiger partial charge on any atom is 0.129 e. The monoisotopic (exact) mass is 340 g/mol. The highest BCUT2D eigenvalue weighted by Crippen LogP contribution is 2.25. The summed E-state index contributed by atoms with van der Waals surface area (Å²) in [6, 6.07) is 24.9. The van der Waals surface area contributed by atoms with Gasteiger partial charge in [0.05, 0.1) is 16.9 Å². The molecule has 0 bridgehead atoms. The second-order valence-electron chi connectivity index (χ2n) is 6.84. The van der Waals surface area contributed by atoms with E-state index in [1.165, 1.54) is 0 Å². The minimum absolute atomic E-state index is 0.803. The number of benzene rings is 3. The fourth-order valence-electron chi connectivity index (χ4n) is 2.37. The molecule has 0 fully saturated rings. The molecule has 0 unspecified atom stereocenters. The molecule has 0 aliphatic rings. The zero-order valence-corrected chi connectivity index (χ0v) is 15.7. The van der Waals surface area contributed by atoms with Gasteiger partial charge < -0.3 is 0 Å². The first-order valence-corrected chi connectivity index (χ1v) is 11.8. The lowest BCUT2D eigenvalue weighted by atomic mass is 10.1. The number of fused-ring (bicyclic) bond motifs is 1. The molecule has 0 atom stereocenters. The normalized spacial score (nSPS) is 10.5. The Kier molecular flexibility index (Phi) is 4.95. The smallest absolute Gasteiger partial charge is 0.129 e. The van der Waals surface area contributed by atoms with Crippen LogP contribution in [0.4, 0.5) is 11.4 Å². The van der Waals surface area contributed by atoms with Crippen LogP contribution in [0.15, 0.2) is 76.7 Å². The zero-order valence-electron chi connectivity index (χ0n) is 14.7. The minimum atomic E-state index is -1.42. The fraction of sp³-hybridized carbons (Fsp3) is 0.136. The van der Waals surface area contributed by atoms with Gasteiger partial charge in [-0.25, -0.2) is 0 Å². The van der Waals surface area contributed by atoms with Gasteiger partial charge in [-0.15, -0.1) is 5.54 Å². The van der Waals surface area contributed by atoms with Crippen molar-refractivity contribution in [1.29, 1.82) is 0 Å². The predicted octanol–water partition coefficient (Wildman–Crippen LogP) is 6.21. The van der Waals surface area contributed by atoms with Crippen LogP contribution in [-0.4, -0.2) is 14.1 Å². The summed E-state index contributed by atoms with van der Waals surface area (Å²) in [6.45, 7) is 6.69. The van der Waals surface area contributed by atoms with Gasteiger partial charge >= 0.3 is 0 Å². The molecule has 3 heteroatoms. The number of hydrogen-bond acceptors (Lipinski definition) is 2. The Morgan fingerprint density at radius 1 is 0.720 bits per heavy atom. The van der Waals surface area contributed by atoms with Gasteiger partial charge in [0, 0.05) is 5.39 Å². The first-order chi connectivity index (χ1) is 12.0. The Morgan fingerprint density at radius 2 is 1.36 bits per heavy atom. The average Bonchev–Trinajstić information content (AvgIpc) is 2.60. The molecule has 2 nitrogen and oxygen atoms in total. The molecule has 0 aliphatic carbocycles. The number of rotatable bonds is 2. The maximum atomic E-state index is 4.42. The molecule has 122 valence electrons. The Balaban J connectivity index is 1.97. The van der Waals surface area contributed by atoms with Crippen LogP contribution in [0, 0.1) is 11.5 Å². The lowest BCUT2D eigenvalue weighted by molar-refractivity contribution is 1.48. The van der Waals surface area contributed by atoms with E-state index in [2.05, 4.69) is 65.3 Å². The summed E-state index contributed by atoms with van der Waals surface area (Å²) >= 11 is 0. The molecule has 25 heavy (non-hydrogen) atoms. The largest absolute Gasteiger partial charge is 0.187 e. The van der Waals surface area contributed by atoms with Gasteiger partial charge in [0.1, 0.15) is 14.1 Å². The standard InChI is InChI=1S/C22H20N2Si/c1-25(2,3)16-15-19-10-5-7-13-21(19)23-17-24-22-14-8-11-18-9-4-6-12-20(18)22/h4-14H,1-3H3. The van der Waals surface area contributed by atoms with Crippen LogP contribution in [0.1, 0.15) is 5.56 Å². The predicted molar refractivity (Wildman–Crippen MR) is 110 cm³/mol. The van der Waals surface area contributed by atoms with Crippen LogP contribution in [0.2, 0.25) is 19.6 Å². The molecule has 0 aliphatic heterocycles. The van der Waals surface area contributed by atoms with Gasteiger partial charge in [-0.3, -0.25) is 0 Å². The van der Waals surface area contributed by atoms with E-state index in [9.17, 15) is 0 Å². The molecule has 3 aromatic rings. The van der Waals surface area contributed by atoms with Crippen molar-refractivity contribution < 1.29 is 0 Å². The van der Waals surface area contributed by atoms with Gasteiger partial charge in [0.2, 0.25) is 0 Å². The summed E-state index contributed by atoms with van der Waals surface area (Å²) in [6.07, 6.45) is 0. The van der Waals surface area contributed by atoms with Crippen molar-refractivity contribution in [3.63, 3.8) is 0 Å². The SMILES string of the molecule is C[Si](C)(C)C#Cc1ccccc1N=C=Nc1cccc2ccccc12. The van der Waals surface area contributed by atoms with Crippen LogP contribution in [0.3, 0.4) is 0 Å². The highest BCUT2D eigenvalue weighted by atomic mass is 28.3. The Labute approximate surface area is 150 Å². The van der Waals surface area contributed by atoms with E-state index in [4.69, 9.17) is 0 Å². The van der Waals surface area contributed by atoms with Crippen LogP contribution in [0.25, 0.3) is 10.8 Å². The molecular formula is C22H20N2Si. The third kappa shape index (κ3) is 4.55. The summed E-state index contributed by atoms with van der Waals surface area (Å²) in [5.74, 6) is 3.27. The van der Waals surface area contributed by atoms with Crippen molar-refractivity contribution >= 4 is 36.2 Å². The van der Waals surface area contributed by atoms with Crippen LogP contribution in [0.5, 0.6) is 0 Å². The van der Waals surface area contributed by atoms with Gasteiger partial charge in [-0.2, -0.15) is 9.98 Å². The van der Waals surface area contributed by atoms with Crippen molar-refractivity contribution in [2.75, 3.05) is 0 Å². The number of aliphatic imine (C=N–C) groups is 2. The summed E-state index contributed by atoms with van der Waals surface area (Å²) < 4.78 is 0. The first kappa shape index (κ1) is 16.9. The third-order valence-electron chi connectivity index (χ3n) is 3.58. The first-order valence-electron chi connectivity index (χ1n) is 8.29. The summed E-state index contributed by atoms with van der Waals surface area (Å²) in [4.78, 5) is 8.83. The Hall–Kier alpha value is -2.92. The molecule has 3 rings (SSSR count). The van der Waals surface area contributed by atoms with Crippen LogP contribution < -0.4 is 0 Å². The van der Waals surface area contributed by atoms with E-state index >= 15 is 0 Å². The number of para-hydroxylation sites is 1. The highest BCUT2D eigenvalue weighted by Gasteiger charge is 2.08. The second-order valence-corrected chi connectivity index (χ2v) is 11.6. The average molecular weight is 341 g/mol. The third-order valence-corrected chi connectivity index (χ3v) is 4.46. The molecule has 3 aromatic carbocycles. The lowest BCUT2D eigenvalue weighted by Gasteiger charge is -2.03. The highest BCUT2D eigenvalue weighted by molar-refractivity contribution is 6.83. The quantitative estimate of drug-likeness (QED) is 0.301. The molecule has 0 heterocycles. The van der Waals surface area contributed by atoms with Crippen LogP contribution in [-0.2, 0) is 0 Å². The van der Waals surface area contributed by atoms with Crippen LogP contribution >= 0.6 is 0 Å². The number of hydrogen-bond donors (Lipinski definition) is 0. The Morgan fingerprint density at radius 3 is 2.20 bits per heavy atom. The molecule has 0 saturated heterocycles. The summed E-state index contributed by atoms with van der Waals surface area (Å²) in [7, 11) is -1.42. The van der Waals surface area contributed by atoms with E-state index < -0.39 is 8.07 Å². The second kappa shape index (κ2) is 7.32. The number of nitrogens with zero attached hydrogens (tertiary/aromatic N) is 2. The molecule has 0 radical (unpaired) electrons. The minimum Gasteiger partial charge on any atom is -0.187 e. The van der Waals surface area contributed by atoms with Gasteiger partial charge in [0.15, 0.2) is 0 Å². The lowest BCUT2D eigenvalue weighted by Crippen LogP contribution is -2.16. The van der Waals surface area contributed by atoms with E-state index in [1.54, 1.807) is 0 Å². The van der Waals surface area contributed by atoms with Crippen molar-refractivity contribution in [3.8, 4) is 11.5 Å².